The summed E-state index contributed by atoms with van der Waals surface area (Å²) >= 11 is 6.00. The maximum absolute atomic E-state index is 12.5. The molecule has 2 aromatic carbocycles. The largest absolute Gasteiger partial charge is 0.495 e. The van der Waals surface area contributed by atoms with Crippen molar-refractivity contribution in [2.24, 2.45) is 7.05 Å². The number of hydrogen-bond donors (Lipinski definition) is 1. The highest BCUT2D eigenvalue weighted by Gasteiger charge is 2.19. The Labute approximate surface area is 165 Å². The number of aryl methyl sites for hydroxylation is 1. The minimum Gasteiger partial charge on any atom is -0.495 e. The molecule has 8 nitrogen and oxygen atoms in total. The SMILES string of the molecule is COc1ccc(NC(=O)CCS(=O)(=O)c2ccc3c(c2)oc(=O)n3C)cc1Cl. The van der Waals surface area contributed by atoms with Crippen molar-refractivity contribution >= 4 is 44.1 Å². The number of nitrogens with one attached hydrogen (secondary N) is 1. The van der Waals surface area contributed by atoms with E-state index < -0.39 is 27.3 Å². The van der Waals surface area contributed by atoms with Gasteiger partial charge in [-0.3, -0.25) is 9.36 Å². The zero-order valence-corrected chi connectivity index (χ0v) is 16.6. The molecule has 3 aromatic rings. The van der Waals surface area contributed by atoms with Gasteiger partial charge in [-0.2, -0.15) is 0 Å². The normalized spacial score (nSPS) is 11.5. The van der Waals surface area contributed by atoms with E-state index in [0.29, 0.717) is 22.0 Å². The molecule has 3 rings (SSSR count). The van der Waals surface area contributed by atoms with Gasteiger partial charge in [0.15, 0.2) is 15.4 Å². The summed E-state index contributed by atoms with van der Waals surface area (Å²) in [6, 6.07) is 8.87. The smallest absolute Gasteiger partial charge is 0.419 e. The Balaban J connectivity index is 1.70. The zero-order chi connectivity index (χ0) is 20.5. The fraction of sp³-hybridized carbons (Fsp3) is 0.222. The predicted molar refractivity (Wildman–Crippen MR) is 105 cm³/mol. The van der Waals surface area contributed by atoms with Crippen LogP contribution in [0.3, 0.4) is 0 Å². The number of anilines is 1. The number of carbonyl (C=O) groups excluding carboxylic acids is 1. The molecule has 1 N–H and O–H groups in total. The van der Waals surface area contributed by atoms with Crippen LogP contribution in [-0.2, 0) is 21.7 Å². The standard InChI is InChI=1S/C18H17ClN2O6S/c1-21-14-5-4-12(10-16(14)27-18(21)23)28(24,25)8-7-17(22)20-11-3-6-15(26-2)13(19)9-11/h3-6,9-10H,7-8H2,1-2H3,(H,20,22). The number of benzene rings is 2. The first-order chi connectivity index (χ1) is 13.2. The molecular weight excluding hydrogens is 408 g/mol. The van der Waals surface area contributed by atoms with Crippen molar-refractivity contribution in [1.82, 2.24) is 4.57 Å². The molecule has 0 aliphatic heterocycles. The number of ether oxygens (including phenoxy) is 1. The number of amides is 1. The molecule has 1 heterocycles. The lowest BCUT2D eigenvalue weighted by Crippen LogP contribution is -2.17. The third-order valence-electron chi connectivity index (χ3n) is 4.16. The summed E-state index contributed by atoms with van der Waals surface area (Å²) in [6.07, 6.45) is -0.247. The van der Waals surface area contributed by atoms with E-state index in [-0.39, 0.29) is 16.9 Å². The van der Waals surface area contributed by atoms with Crippen LogP contribution < -0.4 is 15.8 Å². The molecule has 0 fully saturated rings. The summed E-state index contributed by atoms with van der Waals surface area (Å²) in [5.74, 6) is -0.991. The molecule has 0 aliphatic rings. The summed E-state index contributed by atoms with van der Waals surface area (Å²) in [5.41, 5.74) is 1.09. The molecule has 28 heavy (non-hydrogen) atoms. The Morgan fingerprint density at radius 1 is 1.25 bits per heavy atom. The average Bonchev–Trinajstić information content (AvgIpc) is 2.94. The van der Waals surface area contributed by atoms with Gasteiger partial charge in [-0.25, -0.2) is 13.2 Å². The van der Waals surface area contributed by atoms with Gasteiger partial charge in [0.1, 0.15) is 5.75 Å². The van der Waals surface area contributed by atoms with E-state index in [1.807, 2.05) is 0 Å². The van der Waals surface area contributed by atoms with E-state index in [1.54, 1.807) is 12.1 Å². The maximum atomic E-state index is 12.5. The van der Waals surface area contributed by atoms with E-state index >= 15 is 0 Å². The number of rotatable bonds is 6. The number of hydrogen-bond acceptors (Lipinski definition) is 6. The van der Waals surface area contributed by atoms with E-state index in [1.165, 1.54) is 43.0 Å². The van der Waals surface area contributed by atoms with Crippen LogP contribution in [0, 0.1) is 0 Å². The van der Waals surface area contributed by atoms with E-state index in [0.717, 1.165) is 0 Å². The number of carbonyl (C=O) groups is 1. The van der Waals surface area contributed by atoms with Crippen LogP contribution in [-0.4, -0.2) is 31.8 Å². The summed E-state index contributed by atoms with van der Waals surface area (Å²) in [6.45, 7) is 0. The van der Waals surface area contributed by atoms with Crippen LogP contribution in [0.5, 0.6) is 5.75 Å². The Morgan fingerprint density at radius 3 is 2.68 bits per heavy atom. The van der Waals surface area contributed by atoms with Crippen molar-refractivity contribution in [2.75, 3.05) is 18.2 Å². The Kier molecular flexibility index (Phi) is 5.48. The van der Waals surface area contributed by atoms with Crippen LogP contribution in [0.15, 0.2) is 50.5 Å². The fourth-order valence-corrected chi connectivity index (χ4v) is 4.13. The van der Waals surface area contributed by atoms with E-state index in [9.17, 15) is 18.0 Å². The lowest BCUT2D eigenvalue weighted by molar-refractivity contribution is -0.115. The number of sulfone groups is 1. The molecule has 0 saturated heterocycles. The first kappa shape index (κ1) is 20.0. The Bertz CT molecular complexity index is 1210. The van der Waals surface area contributed by atoms with Crippen molar-refractivity contribution in [3.63, 3.8) is 0 Å². The summed E-state index contributed by atoms with van der Waals surface area (Å²) in [5, 5.41) is 2.92. The average molecular weight is 425 g/mol. The number of nitrogens with zero attached hydrogens (tertiary/aromatic N) is 1. The minimum atomic E-state index is -3.74. The van der Waals surface area contributed by atoms with Gasteiger partial charge in [0.25, 0.3) is 0 Å². The second-order valence-electron chi connectivity index (χ2n) is 6.02. The third kappa shape index (κ3) is 4.05. The summed E-state index contributed by atoms with van der Waals surface area (Å²) in [4.78, 5) is 23.6. The highest BCUT2D eigenvalue weighted by atomic mass is 35.5. The van der Waals surface area contributed by atoms with E-state index in [2.05, 4.69) is 5.32 Å². The number of oxazole rings is 1. The molecule has 0 radical (unpaired) electrons. The molecule has 0 unspecified atom stereocenters. The number of methoxy groups -OCH3 is 1. The lowest BCUT2D eigenvalue weighted by Gasteiger charge is -2.08. The van der Waals surface area contributed by atoms with Crippen LogP contribution in [0.2, 0.25) is 5.02 Å². The van der Waals surface area contributed by atoms with Crippen molar-refractivity contribution in [2.45, 2.75) is 11.3 Å². The first-order valence-electron chi connectivity index (χ1n) is 8.17. The van der Waals surface area contributed by atoms with Gasteiger partial charge in [0.2, 0.25) is 5.91 Å². The van der Waals surface area contributed by atoms with E-state index in [4.69, 9.17) is 20.8 Å². The summed E-state index contributed by atoms with van der Waals surface area (Å²) < 4.78 is 36.4. The third-order valence-corrected chi connectivity index (χ3v) is 6.17. The molecule has 0 bridgehead atoms. The number of halogens is 1. The quantitative estimate of drug-likeness (QED) is 0.651. The zero-order valence-electron chi connectivity index (χ0n) is 15.1. The van der Waals surface area contributed by atoms with Crippen LogP contribution in [0.25, 0.3) is 11.1 Å². The molecule has 1 aromatic heterocycles. The molecule has 0 aliphatic carbocycles. The predicted octanol–water partition coefficient (Wildman–Crippen LogP) is 2.60. The van der Waals surface area contributed by atoms with Crippen LogP contribution >= 0.6 is 11.6 Å². The second-order valence-corrected chi connectivity index (χ2v) is 8.54. The lowest BCUT2D eigenvalue weighted by atomic mass is 10.3. The highest BCUT2D eigenvalue weighted by Crippen LogP contribution is 2.27. The second kappa shape index (κ2) is 7.69. The van der Waals surface area contributed by atoms with Gasteiger partial charge in [0, 0.05) is 25.2 Å². The molecular formula is C18H17ClN2O6S. The van der Waals surface area contributed by atoms with Crippen molar-refractivity contribution in [3.8, 4) is 5.75 Å². The van der Waals surface area contributed by atoms with Gasteiger partial charge in [-0.1, -0.05) is 11.6 Å². The number of fused-ring (bicyclic) bond motifs is 1. The molecule has 10 heteroatoms. The van der Waals surface area contributed by atoms with Gasteiger partial charge < -0.3 is 14.5 Å². The molecule has 0 saturated carbocycles. The fourth-order valence-electron chi connectivity index (χ4n) is 2.62. The van der Waals surface area contributed by atoms with Crippen molar-refractivity contribution < 1.29 is 22.4 Å². The van der Waals surface area contributed by atoms with Crippen molar-refractivity contribution in [1.29, 1.82) is 0 Å². The highest BCUT2D eigenvalue weighted by molar-refractivity contribution is 7.91. The van der Waals surface area contributed by atoms with Crippen molar-refractivity contribution in [3.05, 3.63) is 52.0 Å². The molecule has 148 valence electrons. The maximum Gasteiger partial charge on any atom is 0.419 e. The Hall–Kier alpha value is -2.78. The Morgan fingerprint density at radius 2 is 2.00 bits per heavy atom. The first-order valence-corrected chi connectivity index (χ1v) is 10.2. The van der Waals surface area contributed by atoms with Gasteiger partial charge in [0.05, 0.1) is 28.3 Å². The molecule has 0 atom stereocenters. The summed E-state index contributed by atoms with van der Waals surface area (Å²) in [7, 11) is -0.739. The van der Waals surface area contributed by atoms with Gasteiger partial charge in [-0.05, 0) is 30.3 Å². The van der Waals surface area contributed by atoms with Crippen LogP contribution in [0.1, 0.15) is 6.42 Å². The molecule has 1 amide bonds. The minimum absolute atomic E-state index is 0.0189. The number of aromatic nitrogens is 1. The monoisotopic (exact) mass is 424 g/mol. The van der Waals surface area contributed by atoms with Gasteiger partial charge in [-0.15, -0.1) is 0 Å². The topological polar surface area (TPSA) is 108 Å². The van der Waals surface area contributed by atoms with Gasteiger partial charge >= 0.3 is 5.76 Å². The van der Waals surface area contributed by atoms with Crippen LogP contribution in [0.4, 0.5) is 5.69 Å². The molecule has 0 spiro atoms.